The summed E-state index contributed by atoms with van der Waals surface area (Å²) in [7, 11) is 0. The second-order valence-electron chi connectivity index (χ2n) is 5.14. The van der Waals surface area contributed by atoms with Gasteiger partial charge in [0.2, 0.25) is 17.8 Å². The van der Waals surface area contributed by atoms with Gasteiger partial charge in [-0.15, -0.1) is 0 Å². The SMILES string of the molecule is CCCCCC1C(=O)Nc2nc3ccccc3n2C1=O. The molecule has 1 aliphatic rings. The van der Waals surface area contributed by atoms with Crippen LogP contribution in [0.25, 0.3) is 11.0 Å². The highest BCUT2D eigenvalue weighted by molar-refractivity contribution is 6.14. The van der Waals surface area contributed by atoms with Crippen LogP contribution in [0.3, 0.4) is 0 Å². The van der Waals surface area contributed by atoms with E-state index >= 15 is 0 Å². The summed E-state index contributed by atoms with van der Waals surface area (Å²) in [6.07, 6.45) is 3.60. The normalized spacial score (nSPS) is 18.1. The van der Waals surface area contributed by atoms with Gasteiger partial charge in [-0.3, -0.25) is 14.9 Å². The monoisotopic (exact) mass is 271 g/mol. The Hall–Kier alpha value is -2.17. The van der Waals surface area contributed by atoms with Crippen molar-refractivity contribution in [1.29, 1.82) is 0 Å². The fourth-order valence-electron chi connectivity index (χ4n) is 2.65. The molecule has 2 heterocycles. The maximum absolute atomic E-state index is 12.6. The van der Waals surface area contributed by atoms with E-state index in [1.807, 2.05) is 24.3 Å². The Balaban J connectivity index is 1.97. The predicted octanol–water partition coefficient (Wildman–Crippen LogP) is 2.83. The molecule has 0 aliphatic carbocycles. The lowest BCUT2D eigenvalue weighted by Gasteiger charge is -2.22. The van der Waals surface area contributed by atoms with Crippen LogP contribution in [0, 0.1) is 5.92 Å². The van der Waals surface area contributed by atoms with E-state index in [1.54, 1.807) is 0 Å². The minimum Gasteiger partial charge on any atom is -0.295 e. The molecular weight excluding hydrogens is 254 g/mol. The fraction of sp³-hybridized carbons (Fsp3) is 0.400. The molecule has 1 amide bonds. The summed E-state index contributed by atoms with van der Waals surface area (Å²) in [5.74, 6) is -0.637. The maximum atomic E-state index is 12.6. The number of hydrogen-bond donors (Lipinski definition) is 1. The van der Waals surface area contributed by atoms with Crippen molar-refractivity contribution in [3.05, 3.63) is 24.3 Å². The molecule has 5 heteroatoms. The van der Waals surface area contributed by atoms with Crippen LogP contribution in [0.5, 0.6) is 0 Å². The zero-order valence-electron chi connectivity index (χ0n) is 11.4. The molecule has 1 aliphatic heterocycles. The lowest BCUT2D eigenvalue weighted by Crippen LogP contribution is -2.39. The topological polar surface area (TPSA) is 64.0 Å². The van der Waals surface area contributed by atoms with Gasteiger partial charge in [0.05, 0.1) is 11.0 Å². The number of fused-ring (bicyclic) bond motifs is 3. The number of carbonyl (C=O) groups is 2. The molecule has 2 aromatic rings. The van der Waals surface area contributed by atoms with Gasteiger partial charge in [-0.2, -0.15) is 0 Å². The number of anilines is 1. The number of benzene rings is 1. The highest BCUT2D eigenvalue weighted by Gasteiger charge is 2.35. The molecule has 0 saturated heterocycles. The second-order valence-corrected chi connectivity index (χ2v) is 5.14. The third-order valence-electron chi connectivity index (χ3n) is 3.73. The maximum Gasteiger partial charge on any atom is 0.246 e. The number of rotatable bonds is 4. The molecular formula is C15H17N3O2. The number of para-hydroxylation sites is 2. The van der Waals surface area contributed by atoms with Crippen molar-refractivity contribution in [3.63, 3.8) is 0 Å². The van der Waals surface area contributed by atoms with Crippen LogP contribution in [0.15, 0.2) is 24.3 Å². The lowest BCUT2D eigenvalue weighted by molar-refractivity contribution is -0.119. The number of nitrogens with one attached hydrogen (secondary N) is 1. The first kappa shape index (κ1) is 12.8. The van der Waals surface area contributed by atoms with E-state index in [0.29, 0.717) is 12.4 Å². The Bertz CT molecular complexity index is 675. The van der Waals surface area contributed by atoms with E-state index in [0.717, 1.165) is 30.3 Å². The quantitative estimate of drug-likeness (QED) is 0.687. The summed E-state index contributed by atoms with van der Waals surface area (Å²) in [6.45, 7) is 2.10. The van der Waals surface area contributed by atoms with Crippen LogP contribution < -0.4 is 5.32 Å². The molecule has 1 atom stereocenters. The van der Waals surface area contributed by atoms with Crippen LogP contribution in [0.4, 0.5) is 5.95 Å². The van der Waals surface area contributed by atoms with E-state index < -0.39 is 5.92 Å². The van der Waals surface area contributed by atoms with Crippen molar-refractivity contribution >= 4 is 28.8 Å². The van der Waals surface area contributed by atoms with E-state index in [4.69, 9.17) is 0 Å². The summed E-state index contributed by atoms with van der Waals surface area (Å²) < 4.78 is 1.54. The van der Waals surface area contributed by atoms with Gasteiger partial charge in [-0.05, 0) is 18.6 Å². The van der Waals surface area contributed by atoms with Crippen molar-refractivity contribution < 1.29 is 9.59 Å². The first-order valence-corrected chi connectivity index (χ1v) is 7.05. The molecule has 1 aromatic carbocycles. The second kappa shape index (κ2) is 5.07. The number of carbonyl (C=O) groups excluding carboxylic acids is 2. The molecule has 1 N–H and O–H groups in total. The van der Waals surface area contributed by atoms with Gasteiger partial charge in [-0.25, -0.2) is 9.55 Å². The van der Waals surface area contributed by atoms with E-state index in [2.05, 4.69) is 17.2 Å². The molecule has 104 valence electrons. The summed E-state index contributed by atoms with van der Waals surface area (Å²) in [5.41, 5.74) is 1.48. The van der Waals surface area contributed by atoms with Crippen molar-refractivity contribution in [1.82, 2.24) is 9.55 Å². The number of amides is 1. The molecule has 1 unspecified atom stereocenters. The lowest BCUT2D eigenvalue weighted by atomic mass is 9.98. The van der Waals surface area contributed by atoms with Crippen molar-refractivity contribution in [2.75, 3.05) is 5.32 Å². The van der Waals surface area contributed by atoms with Gasteiger partial charge in [0.15, 0.2) is 0 Å². The first-order chi connectivity index (χ1) is 9.72. The molecule has 5 nitrogen and oxygen atoms in total. The van der Waals surface area contributed by atoms with Crippen LogP contribution in [-0.2, 0) is 4.79 Å². The molecule has 0 bridgehead atoms. The highest BCUT2D eigenvalue weighted by Crippen LogP contribution is 2.27. The van der Waals surface area contributed by atoms with Gasteiger partial charge in [0.1, 0.15) is 5.92 Å². The third kappa shape index (κ3) is 1.99. The summed E-state index contributed by atoms with van der Waals surface area (Å²) >= 11 is 0. The molecule has 1 aromatic heterocycles. The van der Waals surface area contributed by atoms with Crippen LogP contribution >= 0.6 is 0 Å². The summed E-state index contributed by atoms with van der Waals surface area (Å²) in [5, 5.41) is 2.75. The zero-order valence-corrected chi connectivity index (χ0v) is 11.4. The standard InChI is InChI=1S/C15H17N3O2/c1-2-3-4-7-10-13(19)17-15-16-11-8-5-6-9-12(11)18(15)14(10)20/h5-6,8-10H,2-4,7H2,1H3,(H,16,17,19). The van der Waals surface area contributed by atoms with Gasteiger partial charge in [0.25, 0.3) is 0 Å². The van der Waals surface area contributed by atoms with Crippen molar-refractivity contribution in [2.24, 2.45) is 5.92 Å². The smallest absolute Gasteiger partial charge is 0.246 e. The van der Waals surface area contributed by atoms with E-state index in [9.17, 15) is 9.59 Å². The van der Waals surface area contributed by atoms with Crippen LogP contribution in [0.2, 0.25) is 0 Å². The molecule has 3 rings (SSSR count). The Kier molecular flexibility index (Phi) is 3.26. The first-order valence-electron chi connectivity index (χ1n) is 7.05. The average Bonchev–Trinajstić information content (AvgIpc) is 2.80. The molecule has 0 fully saturated rings. The van der Waals surface area contributed by atoms with E-state index in [1.165, 1.54) is 4.57 Å². The number of hydrogen-bond acceptors (Lipinski definition) is 3. The van der Waals surface area contributed by atoms with Crippen molar-refractivity contribution in [3.8, 4) is 0 Å². The predicted molar refractivity (Wildman–Crippen MR) is 76.6 cm³/mol. The molecule has 0 saturated carbocycles. The zero-order chi connectivity index (χ0) is 14.1. The van der Waals surface area contributed by atoms with Gasteiger partial charge in [-0.1, -0.05) is 38.3 Å². The number of aromatic nitrogens is 2. The Labute approximate surface area is 117 Å². The summed E-state index contributed by atoms with van der Waals surface area (Å²) in [6, 6.07) is 7.43. The fourth-order valence-corrected chi connectivity index (χ4v) is 2.65. The average molecular weight is 271 g/mol. The Morgan fingerprint density at radius 1 is 1.25 bits per heavy atom. The van der Waals surface area contributed by atoms with Crippen LogP contribution in [-0.4, -0.2) is 21.4 Å². The number of unbranched alkanes of at least 4 members (excludes halogenated alkanes) is 2. The highest BCUT2D eigenvalue weighted by atomic mass is 16.2. The Morgan fingerprint density at radius 2 is 2.05 bits per heavy atom. The minimum atomic E-state index is -0.591. The number of nitrogens with zero attached hydrogens (tertiary/aromatic N) is 2. The van der Waals surface area contributed by atoms with E-state index in [-0.39, 0.29) is 11.8 Å². The minimum absolute atomic E-state index is 0.159. The van der Waals surface area contributed by atoms with Crippen molar-refractivity contribution in [2.45, 2.75) is 32.6 Å². The third-order valence-corrected chi connectivity index (χ3v) is 3.73. The summed E-state index contributed by atoms with van der Waals surface area (Å²) in [4.78, 5) is 28.9. The van der Waals surface area contributed by atoms with Gasteiger partial charge >= 0.3 is 0 Å². The number of imidazole rings is 1. The Morgan fingerprint density at radius 3 is 2.85 bits per heavy atom. The van der Waals surface area contributed by atoms with Gasteiger partial charge < -0.3 is 0 Å². The van der Waals surface area contributed by atoms with Gasteiger partial charge in [0, 0.05) is 0 Å². The molecule has 20 heavy (non-hydrogen) atoms. The van der Waals surface area contributed by atoms with Crippen LogP contribution in [0.1, 0.15) is 37.4 Å². The molecule has 0 spiro atoms. The largest absolute Gasteiger partial charge is 0.295 e. The molecule has 0 radical (unpaired) electrons.